The molecular formula is C19H17N5O2S. The molecular weight excluding hydrogens is 362 g/mol. The van der Waals surface area contributed by atoms with E-state index in [0.29, 0.717) is 17.3 Å². The number of fused-ring (bicyclic) bond motifs is 3. The Morgan fingerprint density at radius 2 is 1.96 bits per heavy atom. The molecule has 0 bridgehead atoms. The number of ether oxygens (including phenoxy) is 1. The Hall–Kier alpha value is -3.13. The fourth-order valence-electron chi connectivity index (χ4n) is 2.79. The molecule has 0 fully saturated rings. The smallest absolute Gasteiger partial charge is 0.230 e. The first-order chi connectivity index (χ1) is 13.2. The minimum atomic E-state index is -0.105. The van der Waals surface area contributed by atoms with Crippen LogP contribution in [0.4, 0.5) is 0 Å². The monoisotopic (exact) mass is 379 g/mol. The fraction of sp³-hybridized carbons (Fsp3) is 0.158. The molecule has 0 aliphatic heterocycles. The van der Waals surface area contributed by atoms with Crippen molar-refractivity contribution in [3.63, 3.8) is 0 Å². The highest BCUT2D eigenvalue weighted by atomic mass is 32.2. The number of benzene rings is 2. The third-order valence-electron chi connectivity index (χ3n) is 4.10. The number of hydrogen-bond donors (Lipinski definition) is 2. The molecule has 1 amide bonds. The van der Waals surface area contributed by atoms with Crippen LogP contribution in [0.15, 0.2) is 53.7 Å². The third kappa shape index (κ3) is 3.70. The van der Waals surface area contributed by atoms with Crippen LogP contribution in [0.1, 0.15) is 5.56 Å². The van der Waals surface area contributed by atoms with E-state index in [-0.39, 0.29) is 11.7 Å². The van der Waals surface area contributed by atoms with Crippen LogP contribution >= 0.6 is 11.8 Å². The maximum atomic E-state index is 12.1. The summed E-state index contributed by atoms with van der Waals surface area (Å²) in [6.45, 7) is 0.406. The molecule has 0 saturated carbocycles. The Bertz CT molecular complexity index is 1110. The summed E-state index contributed by atoms with van der Waals surface area (Å²) in [7, 11) is 1.61. The van der Waals surface area contributed by atoms with E-state index >= 15 is 0 Å². The number of rotatable bonds is 6. The Labute approximate surface area is 159 Å². The molecule has 8 heteroatoms. The SMILES string of the molecule is COc1ccccc1CNC(=O)CSc1nnc2c(n1)[nH]c1ccccc12. The van der Waals surface area contributed by atoms with E-state index in [1.807, 2.05) is 48.5 Å². The molecule has 4 rings (SSSR count). The Morgan fingerprint density at radius 1 is 1.15 bits per heavy atom. The number of para-hydroxylation sites is 2. The molecule has 0 saturated heterocycles. The minimum Gasteiger partial charge on any atom is -0.496 e. The van der Waals surface area contributed by atoms with Gasteiger partial charge in [-0.15, -0.1) is 10.2 Å². The van der Waals surface area contributed by atoms with Crippen LogP contribution < -0.4 is 10.1 Å². The van der Waals surface area contributed by atoms with Gasteiger partial charge in [0.15, 0.2) is 5.65 Å². The zero-order chi connectivity index (χ0) is 18.6. The van der Waals surface area contributed by atoms with E-state index in [1.165, 1.54) is 11.8 Å². The van der Waals surface area contributed by atoms with Crippen molar-refractivity contribution in [2.45, 2.75) is 11.7 Å². The molecule has 7 nitrogen and oxygen atoms in total. The van der Waals surface area contributed by atoms with Gasteiger partial charge in [0, 0.05) is 23.0 Å². The number of hydrogen-bond acceptors (Lipinski definition) is 6. The number of nitrogens with zero attached hydrogens (tertiary/aromatic N) is 3. The second-order valence-electron chi connectivity index (χ2n) is 5.84. The first kappa shape index (κ1) is 17.3. The summed E-state index contributed by atoms with van der Waals surface area (Å²) < 4.78 is 5.28. The number of thioether (sulfide) groups is 1. The fourth-order valence-corrected chi connectivity index (χ4v) is 3.41. The van der Waals surface area contributed by atoms with Crippen molar-refractivity contribution < 1.29 is 9.53 Å². The first-order valence-corrected chi connectivity index (χ1v) is 9.35. The van der Waals surface area contributed by atoms with Gasteiger partial charge < -0.3 is 15.0 Å². The molecule has 4 aromatic rings. The standard InChI is InChI=1S/C19H17N5O2S/c1-26-15-9-5-2-6-12(15)10-20-16(25)11-27-19-22-18-17(23-24-19)13-7-3-4-8-14(13)21-18/h2-9H,10-11H2,1H3,(H,20,25)(H,21,22,24). The minimum absolute atomic E-state index is 0.105. The number of aromatic nitrogens is 4. The van der Waals surface area contributed by atoms with Gasteiger partial charge in [-0.25, -0.2) is 4.98 Å². The van der Waals surface area contributed by atoms with Gasteiger partial charge in [-0.1, -0.05) is 48.2 Å². The predicted molar refractivity (Wildman–Crippen MR) is 105 cm³/mol. The quantitative estimate of drug-likeness (QED) is 0.501. The number of H-pyrrole nitrogens is 1. The van der Waals surface area contributed by atoms with Crippen molar-refractivity contribution >= 4 is 39.7 Å². The van der Waals surface area contributed by atoms with E-state index in [9.17, 15) is 4.79 Å². The molecule has 2 aromatic carbocycles. The van der Waals surface area contributed by atoms with Crippen molar-refractivity contribution in [1.82, 2.24) is 25.5 Å². The average Bonchev–Trinajstić information content (AvgIpc) is 3.08. The second-order valence-corrected chi connectivity index (χ2v) is 6.78. The van der Waals surface area contributed by atoms with E-state index in [4.69, 9.17) is 4.74 Å². The maximum Gasteiger partial charge on any atom is 0.230 e. The lowest BCUT2D eigenvalue weighted by molar-refractivity contribution is -0.118. The van der Waals surface area contributed by atoms with Gasteiger partial charge in [-0.05, 0) is 12.1 Å². The van der Waals surface area contributed by atoms with Crippen molar-refractivity contribution in [2.24, 2.45) is 0 Å². The molecule has 0 radical (unpaired) electrons. The number of carbonyl (C=O) groups excluding carboxylic acids is 1. The van der Waals surface area contributed by atoms with Crippen LogP contribution in [0.3, 0.4) is 0 Å². The molecule has 2 aromatic heterocycles. The number of nitrogens with one attached hydrogen (secondary N) is 2. The van der Waals surface area contributed by atoms with E-state index < -0.39 is 0 Å². The van der Waals surface area contributed by atoms with E-state index in [2.05, 4.69) is 25.5 Å². The van der Waals surface area contributed by atoms with E-state index in [0.717, 1.165) is 27.7 Å². The lowest BCUT2D eigenvalue weighted by atomic mass is 10.2. The summed E-state index contributed by atoms with van der Waals surface area (Å²) in [4.78, 5) is 19.8. The number of carbonyl (C=O) groups is 1. The van der Waals surface area contributed by atoms with Gasteiger partial charge in [0.25, 0.3) is 0 Å². The highest BCUT2D eigenvalue weighted by Gasteiger charge is 2.11. The molecule has 0 aliphatic rings. The van der Waals surface area contributed by atoms with Crippen LogP contribution in [0, 0.1) is 0 Å². The van der Waals surface area contributed by atoms with Gasteiger partial charge >= 0.3 is 0 Å². The summed E-state index contributed by atoms with van der Waals surface area (Å²) in [6, 6.07) is 15.4. The van der Waals surface area contributed by atoms with Crippen molar-refractivity contribution in [3.8, 4) is 5.75 Å². The normalized spacial score (nSPS) is 11.0. The highest BCUT2D eigenvalue weighted by Crippen LogP contribution is 2.23. The Morgan fingerprint density at radius 3 is 2.85 bits per heavy atom. The number of aromatic amines is 1. The second kappa shape index (κ2) is 7.63. The zero-order valence-corrected chi connectivity index (χ0v) is 15.4. The maximum absolute atomic E-state index is 12.1. The molecule has 2 heterocycles. The largest absolute Gasteiger partial charge is 0.496 e. The van der Waals surface area contributed by atoms with Gasteiger partial charge in [0.1, 0.15) is 11.3 Å². The van der Waals surface area contributed by atoms with Crippen molar-refractivity contribution in [3.05, 3.63) is 54.1 Å². The molecule has 0 aliphatic carbocycles. The van der Waals surface area contributed by atoms with Crippen LogP contribution in [-0.2, 0) is 11.3 Å². The zero-order valence-electron chi connectivity index (χ0n) is 14.6. The lowest BCUT2D eigenvalue weighted by Crippen LogP contribution is -2.24. The molecule has 0 atom stereocenters. The summed E-state index contributed by atoms with van der Waals surface area (Å²) >= 11 is 1.25. The van der Waals surface area contributed by atoms with Crippen molar-refractivity contribution in [1.29, 1.82) is 0 Å². The number of methoxy groups -OCH3 is 1. The molecule has 0 unspecified atom stereocenters. The van der Waals surface area contributed by atoms with Gasteiger partial charge in [-0.2, -0.15) is 0 Å². The lowest BCUT2D eigenvalue weighted by Gasteiger charge is -2.09. The molecule has 0 spiro atoms. The van der Waals surface area contributed by atoms with Gasteiger partial charge in [0.2, 0.25) is 11.1 Å². The number of amides is 1. The highest BCUT2D eigenvalue weighted by molar-refractivity contribution is 7.99. The van der Waals surface area contributed by atoms with Crippen LogP contribution in [0.2, 0.25) is 0 Å². The molecule has 27 heavy (non-hydrogen) atoms. The van der Waals surface area contributed by atoms with E-state index in [1.54, 1.807) is 7.11 Å². The van der Waals surface area contributed by atoms with Crippen molar-refractivity contribution in [2.75, 3.05) is 12.9 Å². The first-order valence-electron chi connectivity index (χ1n) is 8.37. The summed E-state index contributed by atoms with van der Waals surface area (Å²) in [5, 5.41) is 12.7. The van der Waals surface area contributed by atoms with Crippen LogP contribution in [0.5, 0.6) is 5.75 Å². The van der Waals surface area contributed by atoms with Crippen LogP contribution in [-0.4, -0.2) is 38.9 Å². The summed E-state index contributed by atoms with van der Waals surface area (Å²) in [6.07, 6.45) is 0. The predicted octanol–water partition coefficient (Wildman–Crippen LogP) is 2.92. The topological polar surface area (TPSA) is 92.8 Å². The third-order valence-corrected chi connectivity index (χ3v) is 4.94. The average molecular weight is 379 g/mol. The summed E-state index contributed by atoms with van der Waals surface area (Å²) in [5.74, 6) is 0.858. The molecule has 2 N–H and O–H groups in total. The summed E-state index contributed by atoms with van der Waals surface area (Å²) in [5.41, 5.74) is 3.29. The van der Waals surface area contributed by atoms with Gasteiger partial charge in [-0.3, -0.25) is 4.79 Å². The Balaban J connectivity index is 1.39. The van der Waals surface area contributed by atoms with Crippen LogP contribution in [0.25, 0.3) is 22.1 Å². The molecule has 136 valence electrons. The Kier molecular flexibility index (Phi) is 4.88. The van der Waals surface area contributed by atoms with Gasteiger partial charge in [0.05, 0.1) is 12.9 Å².